The van der Waals surface area contributed by atoms with Crippen LogP contribution in [0.2, 0.25) is 0 Å². The molecule has 1 rings (SSSR count). The van der Waals surface area contributed by atoms with Crippen molar-refractivity contribution in [3.8, 4) is 5.88 Å². The van der Waals surface area contributed by atoms with Crippen LogP contribution in [0.3, 0.4) is 0 Å². The summed E-state index contributed by atoms with van der Waals surface area (Å²) in [4.78, 5) is 0. The molecule has 0 aliphatic heterocycles. The number of nitrogens with zero attached hydrogens (tertiary/aromatic N) is 1. The van der Waals surface area contributed by atoms with Crippen LogP contribution in [0.5, 0.6) is 5.88 Å². The van der Waals surface area contributed by atoms with Gasteiger partial charge < -0.3 is 9.26 Å². The van der Waals surface area contributed by atoms with Gasteiger partial charge >= 0.3 is 0 Å². The van der Waals surface area contributed by atoms with Crippen molar-refractivity contribution in [3.05, 3.63) is 11.8 Å². The Balaban J connectivity index is 2.59. The summed E-state index contributed by atoms with van der Waals surface area (Å²) in [6.07, 6.45) is 0. The maximum Gasteiger partial charge on any atom is 0.254 e. The van der Waals surface area contributed by atoms with Crippen molar-refractivity contribution in [1.29, 1.82) is 0 Å². The van der Waals surface area contributed by atoms with Crippen molar-refractivity contribution in [1.82, 2.24) is 5.16 Å². The van der Waals surface area contributed by atoms with Crippen LogP contribution < -0.4 is 4.74 Å². The molecule has 0 spiro atoms. The summed E-state index contributed by atoms with van der Waals surface area (Å²) in [6, 6.07) is 1.76. The monoisotopic (exact) mass is 205 g/mol. The highest BCUT2D eigenvalue weighted by Crippen LogP contribution is 2.13. The Morgan fingerprint density at radius 1 is 1.80 bits per heavy atom. The van der Waals surface area contributed by atoms with E-state index in [0.29, 0.717) is 17.8 Å². The van der Waals surface area contributed by atoms with Gasteiger partial charge in [0.05, 0.1) is 11.9 Å². The van der Waals surface area contributed by atoms with Gasteiger partial charge in [0.2, 0.25) is 0 Å². The van der Waals surface area contributed by atoms with Crippen LogP contribution in [0.4, 0.5) is 0 Å². The quantitative estimate of drug-likeness (QED) is 0.709. The highest BCUT2D eigenvalue weighted by molar-refractivity contribution is 9.08. The van der Waals surface area contributed by atoms with Crippen molar-refractivity contribution >= 4 is 15.9 Å². The van der Waals surface area contributed by atoms with Crippen LogP contribution >= 0.6 is 15.9 Å². The van der Waals surface area contributed by atoms with Gasteiger partial charge in [-0.15, -0.1) is 0 Å². The Morgan fingerprint density at radius 3 is 3.10 bits per heavy atom. The number of alkyl halides is 1. The van der Waals surface area contributed by atoms with Gasteiger partial charge in [0.25, 0.3) is 5.88 Å². The summed E-state index contributed by atoms with van der Waals surface area (Å²) in [5, 5.41) is 4.32. The van der Waals surface area contributed by atoms with Gasteiger partial charge in [-0.05, 0) is 12.1 Å². The first-order chi connectivity index (χ1) is 4.86. The predicted molar refractivity (Wildman–Crippen MR) is 40.3 cm³/mol. The molecule has 0 saturated heterocycles. The third-order valence-electron chi connectivity index (χ3n) is 0.961. The third-order valence-corrected chi connectivity index (χ3v) is 1.51. The minimum atomic E-state index is 0.553. The molecule has 10 heavy (non-hydrogen) atoms. The van der Waals surface area contributed by atoms with Crippen LogP contribution in [-0.4, -0.2) is 11.8 Å². The van der Waals surface area contributed by atoms with Crippen molar-refractivity contribution in [2.75, 3.05) is 6.61 Å². The minimum absolute atomic E-state index is 0.553. The molecule has 0 unspecified atom stereocenters. The second kappa shape index (κ2) is 3.61. The molecule has 0 aromatic carbocycles. The van der Waals surface area contributed by atoms with Gasteiger partial charge in [-0.2, -0.15) is 0 Å². The lowest BCUT2D eigenvalue weighted by Crippen LogP contribution is -1.89. The molecule has 0 aliphatic carbocycles. The van der Waals surface area contributed by atoms with Crippen LogP contribution in [0, 0.1) is 0 Å². The zero-order valence-corrected chi connectivity index (χ0v) is 7.22. The molecule has 0 saturated carbocycles. The largest absolute Gasteiger partial charge is 0.476 e. The van der Waals surface area contributed by atoms with E-state index in [9.17, 15) is 0 Å². The molecule has 1 aromatic heterocycles. The van der Waals surface area contributed by atoms with E-state index in [1.807, 2.05) is 6.92 Å². The van der Waals surface area contributed by atoms with E-state index in [1.165, 1.54) is 0 Å². The van der Waals surface area contributed by atoms with Crippen molar-refractivity contribution in [3.63, 3.8) is 0 Å². The van der Waals surface area contributed by atoms with E-state index in [1.54, 1.807) is 6.07 Å². The first-order valence-corrected chi connectivity index (χ1v) is 4.13. The van der Waals surface area contributed by atoms with Gasteiger partial charge in [-0.1, -0.05) is 15.9 Å². The molecule has 3 nitrogen and oxygen atoms in total. The van der Waals surface area contributed by atoms with Gasteiger partial charge in [0.1, 0.15) is 0 Å². The van der Waals surface area contributed by atoms with Crippen molar-refractivity contribution < 1.29 is 9.26 Å². The van der Waals surface area contributed by atoms with E-state index in [2.05, 4.69) is 21.1 Å². The van der Waals surface area contributed by atoms with Gasteiger partial charge in [-0.3, -0.25) is 0 Å². The predicted octanol–water partition coefficient (Wildman–Crippen LogP) is 1.97. The Hall–Kier alpha value is -0.510. The topological polar surface area (TPSA) is 35.3 Å². The number of rotatable bonds is 3. The summed E-state index contributed by atoms with van der Waals surface area (Å²) in [7, 11) is 0. The summed E-state index contributed by atoms with van der Waals surface area (Å²) in [5.41, 5.74) is 0. The van der Waals surface area contributed by atoms with E-state index in [4.69, 9.17) is 9.26 Å². The molecule has 56 valence electrons. The number of hydrogen-bond donors (Lipinski definition) is 0. The maximum absolute atomic E-state index is 5.06. The van der Waals surface area contributed by atoms with Crippen LogP contribution in [0.1, 0.15) is 12.7 Å². The molecule has 0 aliphatic rings. The first kappa shape index (κ1) is 7.60. The molecule has 0 amide bonds. The Morgan fingerprint density at radius 2 is 2.60 bits per heavy atom. The fourth-order valence-electron chi connectivity index (χ4n) is 0.573. The molecule has 0 bridgehead atoms. The standard InChI is InChI=1S/C6H8BrNO2/c1-2-9-6-3-5(4-7)10-8-6/h3H,2,4H2,1H3. The molecule has 4 heteroatoms. The normalized spacial score (nSPS) is 9.80. The highest BCUT2D eigenvalue weighted by Gasteiger charge is 2.00. The fourth-order valence-corrected chi connectivity index (χ4v) is 0.837. The number of aromatic nitrogens is 1. The molecular formula is C6H8BrNO2. The summed E-state index contributed by atoms with van der Waals surface area (Å²) < 4.78 is 9.91. The molecule has 0 radical (unpaired) electrons. The zero-order chi connectivity index (χ0) is 7.40. The van der Waals surface area contributed by atoms with Gasteiger partial charge in [0, 0.05) is 6.07 Å². The molecular weight excluding hydrogens is 198 g/mol. The van der Waals surface area contributed by atoms with Crippen molar-refractivity contribution in [2.24, 2.45) is 0 Å². The smallest absolute Gasteiger partial charge is 0.254 e. The number of halogens is 1. The van der Waals surface area contributed by atoms with E-state index in [0.717, 1.165) is 5.76 Å². The lowest BCUT2D eigenvalue weighted by Gasteiger charge is -1.91. The van der Waals surface area contributed by atoms with E-state index >= 15 is 0 Å². The van der Waals surface area contributed by atoms with Gasteiger partial charge in [0.15, 0.2) is 5.76 Å². The second-order valence-electron chi connectivity index (χ2n) is 1.70. The van der Waals surface area contributed by atoms with E-state index in [-0.39, 0.29) is 0 Å². The third kappa shape index (κ3) is 1.73. The second-order valence-corrected chi connectivity index (χ2v) is 2.26. The van der Waals surface area contributed by atoms with Crippen molar-refractivity contribution in [2.45, 2.75) is 12.3 Å². The Bertz CT molecular complexity index is 199. The summed E-state index contributed by atoms with van der Waals surface area (Å²) >= 11 is 3.23. The highest BCUT2D eigenvalue weighted by atomic mass is 79.9. The number of hydrogen-bond acceptors (Lipinski definition) is 3. The molecule has 1 aromatic rings. The molecule has 0 fully saturated rings. The fraction of sp³-hybridized carbons (Fsp3) is 0.500. The molecule has 0 N–H and O–H groups in total. The zero-order valence-electron chi connectivity index (χ0n) is 5.63. The minimum Gasteiger partial charge on any atom is -0.476 e. The Labute approximate surface area is 67.5 Å². The average Bonchev–Trinajstić information content (AvgIpc) is 2.37. The van der Waals surface area contributed by atoms with Gasteiger partial charge in [-0.25, -0.2) is 0 Å². The maximum atomic E-state index is 5.06. The van der Waals surface area contributed by atoms with Crippen LogP contribution in [-0.2, 0) is 5.33 Å². The average molecular weight is 206 g/mol. The van der Waals surface area contributed by atoms with Crippen LogP contribution in [0.25, 0.3) is 0 Å². The summed E-state index contributed by atoms with van der Waals surface area (Å²) in [6.45, 7) is 2.52. The SMILES string of the molecule is CCOc1cc(CBr)on1. The lowest BCUT2D eigenvalue weighted by molar-refractivity contribution is 0.291. The number of ether oxygens (including phenoxy) is 1. The molecule has 0 atom stereocenters. The van der Waals surface area contributed by atoms with E-state index < -0.39 is 0 Å². The Kier molecular flexibility index (Phi) is 2.74. The first-order valence-electron chi connectivity index (χ1n) is 3.01. The summed E-state index contributed by atoms with van der Waals surface area (Å²) in [5.74, 6) is 1.33. The van der Waals surface area contributed by atoms with Crippen LogP contribution in [0.15, 0.2) is 10.6 Å². The lowest BCUT2D eigenvalue weighted by atomic mass is 10.5. The molecule has 1 heterocycles.